The van der Waals surface area contributed by atoms with Crippen LogP contribution in [0.15, 0.2) is 35.5 Å². The van der Waals surface area contributed by atoms with Crippen LogP contribution >= 0.6 is 0 Å². The summed E-state index contributed by atoms with van der Waals surface area (Å²) < 4.78 is 9.22. The van der Waals surface area contributed by atoms with Gasteiger partial charge in [0.15, 0.2) is 5.65 Å². The van der Waals surface area contributed by atoms with Crippen LogP contribution < -0.4 is 10.9 Å². The summed E-state index contributed by atoms with van der Waals surface area (Å²) in [5, 5.41) is 24.2. The minimum atomic E-state index is -1.03. The highest BCUT2D eigenvalue weighted by molar-refractivity contribution is 5.82. The summed E-state index contributed by atoms with van der Waals surface area (Å²) in [6.07, 6.45) is 4.51. The molecular weight excluding hydrogens is 484 g/mol. The van der Waals surface area contributed by atoms with E-state index in [1.165, 1.54) is 0 Å². The molecule has 1 atom stereocenters. The van der Waals surface area contributed by atoms with E-state index in [-0.39, 0.29) is 18.1 Å². The highest BCUT2D eigenvalue weighted by Crippen LogP contribution is 2.29. The molecule has 38 heavy (non-hydrogen) atoms. The third-order valence-corrected chi connectivity index (χ3v) is 7.03. The molecule has 5 heterocycles. The Morgan fingerprint density at radius 2 is 1.92 bits per heavy atom. The first-order chi connectivity index (χ1) is 18.3. The van der Waals surface area contributed by atoms with Crippen LogP contribution in [0.2, 0.25) is 0 Å². The first-order valence-corrected chi connectivity index (χ1v) is 13.1. The van der Waals surface area contributed by atoms with Gasteiger partial charge in [0.1, 0.15) is 6.23 Å². The van der Waals surface area contributed by atoms with Crippen molar-refractivity contribution in [3.8, 4) is 11.3 Å². The van der Waals surface area contributed by atoms with Crippen LogP contribution in [-0.2, 0) is 17.8 Å². The molecule has 0 amide bonds. The average Bonchev–Trinajstić information content (AvgIpc) is 3.54. The van der Waals surface area contributed by atoms with E-state index in [1.807, 2.05) is 61.6 Å². The molecule has 0 saturated carbocycles. The topological polar surface area (TPSA) is 126 Å². The van der Waals surface area contributed by atoms with Gasteiger partial charge in [-0.1, -0.05) is 0 Å². The summed E-state index contributed by atoms with van der Waals surface area (Å²) >= 11 is 0. The Morgan fingerprint density at radius 1 is 1.13 bits per heavy atom. The van der Waals surface area contributed by atoms with Crippen molar-refractivity contribution in [2.45, 2.75) is 53.1 Å². The first kappa shape index (κ1) is 26.2. The van der Waals surface area contributed by atoms with E-state index in [0.717, 1.165) is 61.6 Å². The second-order valence-corrected chi connectivity index (χ2v) is 10.2. The van der Waals surface area contributed by atoms with E-state index < -0.39 is 6.23 Å². The van der Waals surface area contributed by atoms with Gasteiger partial charge in [0.05, 0.1) is 37.8 Å². The van der Waals surface area contributed by atoms with Crippen molar-refractivity contribution in [2.75, 3.05) is 32.8 Å². The Balaban J connectivity index is 1.42. The van der Waals surface area contributed by atoms with Crippen molar-refractivity contribution in [1.82, 2.24) is 39.7 Å². The number of aryl methyl sites for hydroxylation is 2. The van der Waals surface area contributed by atoms with E-state index in [0.29, 0.717) is 22.5 Å². The van der Waals surface area contributed by atoms with E-state index in [1.54, 1.807) is 6.20 Å². The molecule has 0 aromatic carbocycles. The molecule has 202 valence electrons. The Kier molecular flexibility index (Phi) is 7.70. The van der Waals surface area contributed by atoms with Gasteiger partial charge >= 0.3 is 0 Å². The van der Waals surface area contributed by atoms with E-state index >= 15 is 0 Å². The molecule has 1 saturated heterocycles. The molecule has 3 N–H and O–H groups in total. The second-order valence-electron chi connectivity index (χ2n) is 10.2. The summed E-state index contributed by atoms with van der Waals surface area (Å²) in [5.41, 5.74) is 5.05. The van der Waals surface area contributed by atoms with Crippen LogP contribution in [-0.4, -0.2) is 72.4 Å². The highest BCUT2D eigenvalue weighted by Gasteiger charge is 2.20. The number of aliphatic hydroxyl groups is 1. The van der Waals surface area contributed by atoms with Crippen LogP contribution in [0.3, 0.4) is 0 Å². The van der Waals surface area contributed by atoms with Gasteiger partial charge in [-0.3, -0.25) is 19.7 Å². The first-order valence-electron chi connectivity index (χ1n) is 13.1. The van der Waals surface area contributed by atoms with Crippen molar-refractivity contribution in [3.63, 3.8) is 0 Å². The Bertz CT molecular complexity index is 1470. The molecule has 11 nitrogen and oxygen atoms in total. The minimum Gasteiger partial charge on any atom is -0.379 e. The molecule has 1 fully saturated rings. The zero-order chi connectivity index (χ0) is 26.8. The summed E-state index contributed by atoms with van der Waals surface area (Å²) in [6.45, 7) is 13.2. The fourth-order valence-corrected chi connectivity index (χ4v) is 4.89. The lowest BCUT2D eigenvalue weighted by Crippen LogP contribution is -2.38. The van der Waals surface area contributed by atoms with Gasteiger partial charge in [-0.2, -0.15) is 10.2 Å². The van der Waals surface area contributed by atoms with Gasteiger partial charge in [0, 0.05) is 66.2 Å². The fourth-order valence-electron chi connectivity index (χ4n) is 4.89. The number of morpholine rings is 1. The molecule has 11 heteroatoms. The maximum atomic E-state index is 12.5. The number of aliphatic hydroxyl groups excluding tert-OH is 1. The van der Waals surface area contributed by atoms with Crippen LogP contribution in [0.4, 0.5) is 0 Å². The van der Waals surface area contributed by atoms with Gasteiger partial charge in [-0.05, 0) is 45.4 Å². The van der Waals surface area contributed by atoms with Crippen LogP contribution in [0.1, 0.15) is 48.5 Å². The lowest BCUT2D eigenvalue weighted by molar-refractivity contribution is 0.0360. The molecular formula is C27H36N8O3. The maximum Gasteiger partial charge on any atom is 0.252 e. The number of fused-ring (bicyclic) bond motifs is 1. The van der Waals surface area contributed by atoms with Gasteiger partial charge in [0.2, 0.25) is 0 Å². The van der Waals surface area contributed by atoms with Crippen molar-refractivity contribution in [1.29, 1.82) is 0 Å². The van der Waals surface area contributed by atoms with Crippen molar-refractivity contribution >= 4 is 11.0 Å². The number of nitrogens with one attached hydrogen (secondary N) is 2. The standard InChI is InChI=1S/C27H36N8O3/c1-17(2)35-25-23(15-30-35)21(26(36)28-14-22-18(3)11-19(4)31-27(22)37)12-24(32-25)20-13-29-34(16-20)6-5-33-7-9-38-10-8-33/h11-13,15-17,26,28,36H,5-10,14H2,1-4H3,(H,31,37). The molecule has 4 aromatic rings. The number of hydrogen-bond donors (Lipinski definition) is 3. The Hall–Kier alpha value is -3.38. The number of ether oxygens (including phenoxy) is 1. The molecule has 1 aliphatic heterocycles. The van der Waals surface area contributed by atoms with E-state index in [4.69, 9.17) is 9.72 Å². The fraction of sp³-hybridized carbons (Fsp3) is 0.481. The predicted octanol–water partition coefficient (Wildman–Crippen LogP) is 2.29. The van der Waals surface area contributed by atoms with Crippen molar-refractivity contribution in [2.24, 2.45) is 0 Å². The zero-order valence-electron chi connectivity index (χ0n) is 22.4. The largest absolute Gasteiger partial charge is 0.379 e. The number of H-pyrrole nitrogens is 1. The molecule has 0 radical (unpaired) electrons. The minimum absolute atomic E-state index is 0.0956. The summed E-state index contributed by atoms with van der Waals surface area (Å²) in [7, 11) is 0. The van der Waals surface area contributed by atoms with Crippen molar-refractivity contribution < 1.29 is 9.84 Å². The SMILES string of the molecule is Cc1cc(C)c(CNC(O)c2cc(-c3cnn(CCN4CCOCC4)c3)nc3c2cnn3C(C)C)c(=O)[nH]1. The third kappa shape index (κ3) is 5.56. The molecule has 0 aliphatic carbocycles. The monoisotopic (exact) mass is 520 g/mol. The maximum absolute atomic E-state index is 12.5. The van der Waals surface area contributed by atoms with E-state index in [9.17, 15) is 9.90 Å². The highest BCUT2D eigenvalue weighted by atomic mass is 16.5. The van der Waals surface area contributed by atoms with Crippen LogP contribution in [0, 0.1) is 13.8 Å². The Morgan fingerprint density at radius 3 is 2.66 bits per heavy atom. The number of aromatic nitrogens is 6. The van der Waals surface area contributed by atoms with Crippen LogP contribution in [0.5, 0.6) is 0 Å². The molecule has 0 bridgehead atoms. The summed E-state index contributed by atoms with van der Waals surface area (Å²) in [6, 6.07) is 3.90. The number of nitrogens with zero attached hydrogens (tertiary/aromatic N) is 6. The number of aromatic amines is 1. The predicted molar refractivity (Wildman–Crippen MR) is 145 cm³/mol. The van der Waals surface area contributed by atoms with Gasteiger partial charge < -0.3 is 14.8 Å². The lowest BCUT2D eigenvalue weighted by atomic mass is 10.1. The van der Waals surface area contributed by atoms with Crippen molar-refractivity contribution in [3.05, 3.63) is 63.5 Å². The quantitative estimate of drug-likeness (QED) is 0.287. The number of pyridine rings is 2. The summed E-state index contributed by atoms with van der Waals surface area (Å²) in [5.74, 6) is 0. The normalized spacial score (nSPS) is 15.5. The molecule has 5 rings (SSSR count). The van der Waals surface area contributed by atoms with E-state index in [2.05, 4.69) is 25.4 Å². The van der Waals surface area contributed by atoms with Gasteiger partial charge in [0.25, 0.3) is 5.56 Å². The molecule has 0 spiro atoms. The molecule has 1 aliphatic rings. The Labute approximate surface area is 221 Å². The lowest BCUT2D eigenvalue weighted by Gasteiger charge is -2.26. The smallest absolute Gasteiger partial charge is 0.252 e. The number of rotatable bonds is 9. The zero-order valence-corrected chi connectivity index (χ0v) is 22.4. The average molecular weight is 521 g/mol. The second kappa shape index (κ2) is 11.2. The summed E-state index contributed by atoms with van der Waals surface area (Å²) in [4.78, 5) is 22.6. The number of hydrogen-bond acceptors (Lipinski definition) is 8. The molecule has 1 unspecified atom stereocenters. The van der Waals surface area contributed by atoms with Crippen LogP contribution in [0.25, 0.3) is 22.3 Å². The third-order valence-electron chi connectivity index (χ3n) is 7.03. The van der Waals surface area contributed by atoms with Gasteiger partial charge in [-0.25, -0.2) is 9.67 Å². The molecule has 4 aromatic heterocycles. The van der Waals surface area contributed by atoms with Gasteiger partial charge in [-0.15, -0.1) is 0 Å².